The number of rotatable bonds is 7. The fourth-order valence-electron chi connectivity index (χ4n) is 2.57. The Bertz CT molecular complexity index is 441. The molecule has 1 heterocycles. The van der Waals surface area contributed by atoms with Crippen molar-refractivity contribution >= 4 is 16.9 Å². The van der Waals surface area contributed by atoms with Crippen LogP contribution in [0.5, 0.6) is 0 Å². The minimum Gasteiger partial charge on any atom is -0.610 e. The largest absolute Gasteiger partial charge is 0.610 e. The number of benzene rings is 1. The van der Waals surface area contributed by atoms with Gasteiger partial charge < -0.3 is 20.1 Å². The highest BCUT2D eigenvalue weighted by Crippen LogP contribution is 2.33. The summed E-state index contributed by atoms with van der Waals surface area (Å²) in [6, 6.07) is 6.40. The molecule has 5 heteroatoms. The van der Waals surface area contributed by atoms with Gasteiger partial charge in [-0.05, 0) is 50.6 Å². The molecule has 1 atom stereocenters. The molecule has 0 fully saturated rings. The third-order valence-electron chi connectivity index (χ3n) is 3.76. The van der Waals surface area contributed by atoms with Gasteiger partial charge in [0.25, 0.3) is 0 Å². The average molecular weight is 295 g/mol. The van der Waals surface area contributed by atoms with Crippen LogP contribution in [-0.2, 0) is 17.6 Å². The maximum absolute atomic E-state index is 12.0. The van der Waals surface area contributed by atoms with Gasteiger partial charge in [0.05, 0.1) is 5.69 Å². The van der Waals surface area contributed by atoms with Crippen LogP contribution in [0.15, 0.2) is 23.1 Å². The maximum atomic E-state index is 12.0. The normalized spacial score (nSPS) is 17.9. The van der Waals surface area contributed by atoms with E-state index in [2.05, 4.69) is 35.0 Å². The molecule has 0 saturated carbocycles. The molecule has 112 valence electrons. The van der Waals surface area contributed by atoms with Crippen molar-refractivity contribution in [2.45, 2.75) is 24.2 Å². The summed E-state index contributed by atoms with van der Waals surface area (Å²) >= 11 is -0.852. The van der Waals surface area contributed by atoms with Gasteiger partial charge in [-0.3, -0.25) is 0 Å². The van der Waals surface area contributed by atoms with Crippen molar-refractivity contribution in [2.75, 3.05) is 44.5 Å². The van der Waals surface area contributed by atoms with Gasteiger partial charge in [-0.1, -0.05) is 6.07 Å². The van der Waals surface area contributed by atoms with Crippen LogP contribution in [0.2, 0.25) is 0 Å². The third-order valence-corrected chi connectivity index (χ3v) is 5.20. The predicted octanol–water partition coefficient (Wildman–Crippen LogP) is 1.41. The first-order valence-electron chi connectivity index (χ1n) is 7.23. The minimum atomic E-state index is -0.852. The fourth-order valence-corrected chi connectivity index (χ4v) is 3.94. The van der Waals surface area contributed by atoms with Crippen LogP contribution in [0.25, 0.3) is 0 Å². The van der Waals surface area contributed by atoms with Gasteiger partial charge in [0.2, 0.25) is 0 Å². The second kappa shape index (κ2) is 7.31. The molecule has 1 aliphatic heterocycles. The second-order valence-corrected chi connectivity index (χ2v) is 6.91. The van der Waals surface area contributed by atoms with Crippen molar-refractivity contribution in [3.63, 3.8) is 0 Å². The number of fused-ring (bicyclic) bond motifs is 1. The van der Waals surface area contributed by atoms with E-state index < -0.39 is 11.2 Å². The van der Waals surface area contributed by atoms with E-state index in [-0.39, 0.29) is 0 Å². The van der Waals surface area contributed by atoms with Crippen molar-refractivity contribution < 1.29 is 4.55 Å². The number of nitrogens with two attached hydrogens (primary N) is 1. The summed E-state index contributed by atoms with van der Waals surface area (Å²) in [6.07, 6.45) is 3.40. The molecule has 0 amide bonds. The number of likely N-dealkylation sites (N-methyl/N-ethyl adjacent to an activating group) is 1. The smallest absolute Gasteiger partial charge is 0.183 e. The third kappa shape index (κ3) is 3.88. The topological polar surface area (TPSA) is 55.6 Å². The number of hydrogen-bond acceptors (Lipinski definition) is 4. The van der Waals surface area contributed by atoms with Crippen LogP contribution in [0.1, 0.15) is 18.4 Å². The highest BCUT2D eigenvalue weighted by Gasteiger charge is 2.28. The van der Waals surface area contributed by atoms with Gasteiger partial charge in [-0.25, -0.2) is 0 Å². The van der Waals surface area contributed by atoms with Gasteiger partial charge in [0.1, 0.15) is 0 Å². The van der Waals surface area contributed by atoms with Gasteiger partial charge in [-0.2, -0.15) is 0 Å². The Morgan fingerprint density at radius 1 is 1.35 bits per heavy atom. The number of nitrogens with zero attached hydrogens (tertiary/aromatic N) is 2. The number of hydrogen-bond donors (Lipinski definition) is 1. The Morgan fingerprint density at radius 2 is 2.15 bits per heavy atom. The van der Waals surface area contributed by atoms with Gasteiger partial charge in [0.15, 0.2) is 10.8 Å². The summed E-state index contributed by atoms with van der Waals surface area (Å²) in [7, 11) is 4.11. The standard InChI is InChI=1S/C15H25N3OS/c1-17(10-8-16)9-4-3-5-13-6-7-14-15(11-13)20(19)12-18(14)2/h6-7,11H,3-5,8-10,12,16H2,1-2H3. The maximum Gasteiger partial charge on any atom is 0.183 e. The SMILES string of the molecule is CN(CCN)CCCCc1ccc2c(c1)[S+]([O-])CN2C. The lowest BCUT2D eigenvalue weighted by molar-refractivity contribution is 0.335. The number of unbranched alkanes of at least 4 members (excludes halogenated alkanes) is 1. The minimum absolute atomic E-state index is 0.628. The summed E-state index contributed by atoms with van der Waals surface area (Å²) in [5, 5.41) is 0. The van der Waals surface area contributed by atoms with E-state index in [1.165, 1.54) is 12.0 Å². The summed E-state index contributed by atoms with van der Waals surface area (Å²) in [4.78, 5) is 5.34. The Morgan fingerprint density at radius 3 is 2.90 bits per heavy atom. The van der Waals surface area contributed by atoms with Crippen LogP contribution in [0, 0.1) is 0 Å². The van der Waals surface area contributed by atoms with Crippen LogP contribution < -0.4 is 10.6 Å². The van der Waals surface area contributed by atoms with Crippen molar-refractivity contribution in [1.82, 2.24) is 4.90 Å². The van der Waals surface area contributed by atoms with Crippen LogP contribution in [0.4, 0.5) is 5.69 Å². The van der Waals surface area contributed by atoms with Crippen molar-refractivity contribution in [3.05, 3.63) is 23.8 Å². The molecule has 1 aromatic carbocycles. The molecule has 0 radical (unpaired) electrons. The highest BCUT2D eigenvalue weighted by molar-refractivity contribution is 7.92. The molecule has 4 nitrogen and oxygen atoms in total. The number of aryl methyl sites for hydroxylation is 1. The number of anilines is 1. The molecule has 1 unspecified atom stereocenters. The fraction of sp³-hybridized carbons (Fsp3) is 0.600. The van der Waals surface area contributed by atoms with E-state index >= 15 is 0 Å². The van der Waals surface area contributed by atoms with Crippen LogP contribution >= 0.6 is 0 Å². The lowest BCUT2D eigenvalue weighted by atomic mass is 10.1. The molecule has 2 rings (SSSR count). The van der Waals surface area contributed by atoms with Crippen molar-refractivity contribution in [3.8, 4) is 0 Å². The lowest BCUT2D eigenvalue weighted by Crippen LogP contribution is -2.26. The molecule has 0 aromatic heterocycles. The summed E-state index contributed by atoms with van der Waals surface area (Å²) in [6.45, 7) is 2.78. The van der Waals surface area contributed by atoms with E-state index in [1.807, 2.05) is 7.05 Å². The monoisotopic (exact) mass is 295 g/mol. The lowest BCUT2D eigenvalue weighted by Gasteiger charge is -2.14. The Balaban J connectivity index is 1.81. The highest BCUT2D eigenvalue weighted by atomic mass is 32.2. The first-order valence-corrected chi connectivity index (χ1v) is 8.54. The molecule has 0 aliphatic carbocycles. The van der Waals surface area contributed by atoms with E-state index in [0.29, 0.717) is 5.88 Å². The van der Waals surface area contributed by atoms with Gasteiger partial charge in [0, 0.05) is 31.3 Å². The molecule has 0 saturated heterocycles. The van der Waals surface area contributed by atoms with Gasteiger partial charge >= 0.3 is 0 Å². The quantitative estimate of drug-likeness (QED) is 0.610. The van der Waals surface area contributed by atoms with Crippen molar-refractivity contribution in [2.24, 2.45) is 5.73 Å². The van der Waals surface area contributed by atoms with E-state index in [9.17, 15) is 4.55 Å². The van der Waals surface area contributed by atoms with Gasteiger partial charge in [-0.15, -0.1) is 0 Å². The molecule has 1 aliphatic rings. The first kappa shape index (κ1) is 15.6. The van der Waals surface area contributed by atoms with Crippen LogP contribution in [0.3, 0.4) is 0 Å². The Hall–Kier alpha value is -0.750. The average Bonchev–Trinajstić information content (AvgIpc) is 2.70. The van der Waals surface area contributed by atoms with Crippen molar-refractivity contribution in [1.29, 1.82) is 0 Å². The predicted molar refractivity (Wildman–Crippen MR) is 85.6 cm³/mol. The van der Waals surface area contributed by atoms with E-state index in [1.54, 1.807) is 0 Å². The Labute approximate surface area is 125 Å². The Kier molecular flexibility index (Phi) is 5.72. The molecule has 0 bridgehead atoms. The summed E-state index contributed by atoms with van der Waals surface area (Å²) in [5.74, 6) is 0.628. The molecule has 0 spiro atoms. The van der Waals surface area contributed by atoms with E-state index in [4.69, 9.17) is 5.73 Å². The molecular weight excluding hydrogens is 270 g/mol. The zero-order valence-corrected chi connectivity index (χ0v) is 13.3. The first-order chi connectivity index (χ1) is 9.61. The summed E-state index contributed by atoms with van der Waals surface area (Å²) in [5.41, 5.74) is 7.95. The van der Waals surface area contributed by atoms with Crippen LogP contribution in [-0.4, -0.2) is 49.1 Å². The zero-order chi connectivity index (χ0) is 14.5. The molecule has 20 heavy (non-hydrogen) atoms. The molecular formula is C15H25N3OS. The molecule has 2 N–H and O–H groups in total. The van der Waals surface area contributed by atoms with E-state index in [0.717, 1.165) is 43.1 Å². The second-order valence-electron chi connectivity index (χ2n) is 5.52. The molecule has 1 aromatic rings. The summed E-state index contributed by atoms with van der Waals surface area (Å²) < 4.78 is 12.0. The zero-order valence-electron chi connectivity index (χ0n) is 12.5.